The van der Waals surface area contributed by atoms with Crippen molar-refractivity contribution in [3.8, 4) is 0 Å². The summed E-state index contributed by atoms with van der Waals surface area (Å²) in [6, 6.07) is 8.04. The minimum Gasteiger partial charge on any atom is -0.352 e. The van der Waals surface area contributed by atoms with E-state index in [0.717, 1.165) is 23.4 Å². The Hall–Kier alpha value is -1.06. The summed E-state index contributed by atoms with van der Waals surface area (Å²) >= 11 is 5.82. The molecule has 1 saturated carbocycles. The summed E-state index contributed by atoms with van der Waals surface area (Å²) in [5.74, 6) is 0.0980. The topological polar surface area (TPSA) is 41.1 Å². The molecule has 0 aliphatic heterocycles. The lowest BCUT2D eigenvalue weighted by atomic mass is 9.95. The first-order valence-corrected chi connectivity index (χ1v) is 7.36. The number of hydrogen-bond acceptors (Lipinski definition) is 2. The Labute approximate surface area is 119 Å². The van der Waals surface area contributed by atoms with E-state index < -0.39 is 0 Å². The molecule has 0 atom stereocenters. The highest BCUT2D eigenvalue weighted by Gasteiger charge is 2.14. The van der Waals surface area contributed by atoms with Crippen molar-refractivity contribution in [3.05, 3.63) is 34.9 Å². The smallest absolute Gasteiger partial charge is 0.234 e. The van der Waals surface area contributed by atoms with Crippen LogP contribution in [0.3, 0.4) is 0 Å². The summed E-state index contributed by atoms with van der Waals surface area (Å²) in [4.78, 5) is 11.8. The normalized spacial score (nSPS) is 16.3. The average molecular weight is 281 g/mol. The Morgan fingerprint density at radius 1 is 1.16 bits per heavy atom. The van der Waals surface area contributed by atoms with E-state index in [1.165, 1.54) is 19.3 Å². The summed E-state index contributed by atoms with van der Waals surface area (Å²) in [7, 11) is 0. The third kappa shape index (κ3) is 5.21. The highest BCUT2D eigenvalue weighted by molar-refractivity contribution is 6.30. The molecule has 0 aromatic heterocycles. The van der Waals surface area contributed by atoms with Gasteiger partial charge in [-0.2, -0.15) is 0 Å². The molecule has 19 heavy (non-hydrogen) atoms. The van der Waals surface area contributed by atoms with Crippen LogP contribution in [-0.4, -0.2) is 18.5 Å². The van der Waals surface area contributed by atoms with Gasteiger partial charge >= 0.3 is 0 Å². The summed E-state index contributed by atoms with van der Waals surface area (Å²) in [6.07, 6.45) is 6.04. The van der Waals surface area contributed by atoms with Crippen LogP contribution >= 0.6 is 11.6 Å². The summed E-state index contributed by atoms with van der Waals surface area (Å²) in [5, 5.41) is 6.98. The average Bonchev–Trinajstić information content (AvgIpc) is 2.42. The molecule has 1 aliphatic rings. The zero-order valence-electron chi connectivity index (χ0n) is 11.1. The lowest BCUT2D eigenvalue weighted by Crippen LogP contribution is -2.41. The number of rotatable bonds is 5. The maximum absolute atomic E-state index is 11.8. The molecule has 1 fully saturated rings. The van der Waals surface area contributed by atoms with E-state index in [0.29, 0.717) is 19.1 Å². The van der Waals surface area contributed by atoms with Crippen molar-refractivity contribution in [2.45, 2.75) is 44.7 Å². The molecule has 0 bridgehead atoms. The molecule has 1 aliphatic carbocycles. The maximum Gasteiger partial charge on any atom is 0.234 e. The van der Waals surface area contributed by atoms with Gasteiger partial charge in [0.1, 0.15) is 0 Å². The molecule has 1 amide bonds. The van der Waals surface area contributed by atoms with Gasteiger partial charge in [-0.15, -0.1) is 0 Å². The fourth-order valence-corrected chi connectivity index (χ4v) is 2.57. The van der Waals surface area contributed by atoms with Crippen LogP contribution in [0.1, 0.15) is 37.7 Å². The van der Waals surface area contributed by atoms with Gasteiger partial charge in [0.05, 0.1) is 6.54 Å². The fraction of sp³-hybridized carbons (Fsp3) is 0.533. The zero-order chi connectivity index (χ0) is 13.5. The first-order valence-electron chi connectivity index (χ1n) is 6.98. The van der Waals surface area contributed by atoms with Crippen molar-refractivity contribution in [1.29, 1.82) is 0 Å². The van der Waals surface area contributed by atoms with Gasteiger partial charge in [-0.05, 0) is 30.5 Å². The highest BCUT2D eigenvalue weighted by atomic mass is 35.5. The maximum atomic E-state index is 11.8. The lowest BCUT2D eigenvalue weighted by molar-refractivity contribution is -0.121. The van der Waals surface area contributed by atoms with E-state index in [-0.39, 0.29) is 5.91 Å². The van der Waals surface area contributed by atoms with Gasteiger partial charge in [-0.3, -0.25) is 4.79 Å². The number of benzene rings is 1. The molecular weight excluding hydrogens is 260 g/mol. The third-order valence-corrected chi connectivity index (χ3v) is 3.75. The number of hydrogen-bond donors (Lipinski definition) is 2. The van der Waals surface area contributed by atoms with Crippen molar-refractivity contribution in [2.75, 3.05) is 6.54 Å². The molecule has 1 aromatic rings. The van der Waals surface area contributed by atoms with Gasteiger partial charge in [0.2, 0.25) is 5.91 Å². The fourth-order valence-electron chi connectivity index (χ4n) is 2.45. The standard InChI is InChI=1S/C15H21ClN2O/c16-13-8-6-12(7-9-13)10-17-11-15(19)18-14-4-2-1-3-5-14/h6-9,14,17H,1-5,10-11H2,(H,18,19). The van der Waals surface area contributed by atoms with Crippen LogP contribution in [-0.2, 0) is 11.3 Å². The van der Waals surface area contributed by atoms with Crippen molar-refractivity contribution in [2.24, 2.45) is 0 Å². The Morgan fingerprint density at radius 3 is 2.53 bits per heavy atom. The molecule has 0 saturated heterocycles. The van der Waals surface area contributed by atoms with Gasteiger partial charge in [0, 0.05) is 17.6 Å². The predicted molar refractivity (Wildman–Crippen MR) is 78.2 cm³/mol. The quantitative estimate of drug-likeness (QED) is 0.871. The molecular formula is C15H21ClN2O. The Morgan fingerprint density at radius 2 is 1.84 bits per heavy atom. The second-order valence-corrected chi connectivity index (χ2v) is 5.57. The number of amides is 1. The third-order valence-electron chi connectivity index (χ3n) is 3.50. The summed E-state index contributed by atoms with van der Waals surface area (Å²) < 4.78 is 0. The summed E-state index contributed by atoms with van der Waals surface area (Å²) in [5.41, 5.74) is 1.13. The molecule has 2 N–H and O–H groups in total. The predicted octanol–water partition coefficient (Wildman–Crippen LogP) is 2.88. The minimum atomic E-state index is 0.0980. The van der Waals surface area contributed by atoms with Crippen LogP contribution in [0, 0.1) is 0 Å². The number of carbonyl (C=O) groups is 1. The molecule has 0 radical (unpaired) electrons. The van der Waals surface area contributed by atoms with E-state index in [4.69, 9.17) is 11.6 Å². The summed E-state index contributed by atoms with van der Waals surface area (Å²) in [6.45, 7) is 1.06. The van der Waals surface area contributed by atoms with E-state index in [9.17, 15) is 4.79 Å². The van der Waals surface area contributed by atoms with Crippen molar-refractivity contribution in [3.63, 3.8) is 0 Å². The van der Waals surface area contributed by atoms with Crippen LogP contribution in [0.15, 0.2) is 24.3 Å². The first-order chi connectivity index (χ1) is 9.24. The van der Waals surface area contributed by atoms with E-state index in [1.807, 2.05) is 24.3 Å². The van der Waals surface area contributed by atoms with Crippen LogP contribution in [0.2, 0.25) is 5.02 Å². The van der Waals surface area contributed by atoms with Crippen molar-refractivity contribution >= 4 is 17.5 Å². The zero-order valence-corrected chi connectivity index (χ0v) is 11.9. The van der Waals surface area contributed by atoms with Crippen LogP contribution < -0.4 is 10.6 Å². The SMILES string of the molecule is O=C(CNCc1ccc(Cl)cc1)NC1CCCCC1. The van der Waals surface area contributed by atoms with Crippen molar-refractivity contribution in [1.82, 2.24) is 10.6 Å². The van der Waals surface area contributed by atoms with E-state index in [2.05, 4.69) is 10.6 Å². The molecule has 104 valence electrons. The molecule has 3 nitrogen and oxygen atoms in total. The molecule has 1 aromatic carbocycles. The lowest BCUT2D eigenvalue weighted by Gasteiger charge is -2.22. The first kappa shape index (κ1) is 14.4. The van der Waals surface area contributed by atoms with Crippen molar-refractivity contribution < 1.29 is 4.79 Å². The Bertz CT molecular complexity index is 399. The Balaban J connectivity index is 1.64. The number of nitrogens with one attached hydrogen (secondary N) is 2. The number of carbonyl (C=O) groups excluding carboxylic acids is 1. The van der Waals surface area contributed by atoms with Gasteiger partial charge in [-0.1, -0.05) is 43.0 Å². The molecule has 0 spiro atoms. The van der Waals surface area contributed by atoms with Gasteiger partial charge in [-0.25, -0.2) is 0 Å². The monoisotopic (exact) mass is 280 g/mol. The van der Waals surface area contributed by atoms with Crippen LogP contribution in [0.25, 0.3) is 0 Å². The highest BCUT2D eigenvalue weighted by Crippen LogP contribution is 2.17. The molecule has 2 rings (SSSR count). The van der Waals surface area contributed by atoms with Crippen LogP contribution in [0.4, 0.5) is 0 Å². The second-order valence-electron chi connectivity index (χ2n) is 5.13. The van der Waals surface area contributed by atoms with E-state index in [1.54, 1.807) is 0 Å². The molecule has 0 unspecified atom stereocenters. The number of halogens is 1. The largest absolute Gasteiger partial charge is 0.352 e. The van der Waals surface area contributed by atoms with E-state index >= 15 is 0 Å². The second kappa shape index (κ2) is 7.51. The van der Waals surface area contributed by atoms with Gasteiger partial charge in [0.25, 0.3) is 0 Å². The molecule has 0 heterocycles. The van der Waals surface area contributed by atoms with Crippen LogP contribution in [0.5, 0.6) is 0 Å². The molecule has 4 heteroatoms. The Kier molecular flexibility index (Phi) is 5.67. The minimum absolute atomic E-state index is 0.0980. The van der Waals surface area contributed by atoms with Gasteiger partial charge < -0.3 is 10.6 Å². The van der Waals surface area contributed by atoms with Gasteiger partial charge in [0.15, 0.2) is 0 Å².